The molecule has 0 radical (unpaired) electrons. The van der Waals surface area contributed by atoms with Gasteiger partial charge in [0.2, 0.25) is 0 Å². The lowest BCUT2D eigenvalue weighted by molar-refractivity contribution is 0.124. The predicted octanol–water partition coefficient (Wildman–Crippen LogP) is 2.08. The molecule has 1 aliphatic heterocycles. The second-order valence-corrected chi connectivity index (χ2v) is 3.75. The minimum atomic E-state index is -0.136. The molecule has 1 nitrogen and oxygen atoms in total. The van der Waals surface area contributed by atoms with Crippen LogP contribution in [0.3, 0.4) is 0 Å². The van der Waals surface area contributed by atoms with E-state index < -0.39 is 0 Å². The minimum absolute atomic E-state index is 0.136. The maximum Gasteiger partial charge on any atom is 0.0934 e. The molecule has 0 saturated carbocycles. The van der Waals surface area contributed by atoms with Gasteiger partial charge in [0, 0.05) is 18.5 Å². The molecular formula is C9H18FN. The lowest BCUT2D eigenvalue weighted by Gasteiger charge is -2.34. The van der Waals surface area contributed by atoms with Crippen LogP contribution in [0.5, 0.6) is 0 Å². The van der Waals surface area contributed by atoms with E-state index in [1.807, 2.05) is 0 Å². The maximum absolute atomic E-state index is 12.3. The number of nitrogens with zero attached hydrogens (tertiary/aromatic N) is 1. The summed E-state index contributed by atoms with van der Waals surface area (Å²) in [5.41, 5.74) is 0. The molecule has 0 aromatic rings. The molecule has 0 aromatic carbocycles. The Morgan fingerprint density at radius 2 is 2.27 bits per heavy atom. The Morgan fingerprint density at radius 3 is 2.82 bits per heavy atom. The Bertz CT molecular complexity index is 114. The van der Waals surface area contributed by atoms with Gasteiger partial charge in [-0.05, 0) is 33.2 Å². The van der Waals surface area contributed by atoms with Gasteiger partial charge >= 0.3 is 0 Å². The highest BCUT2D eigenvalue weighted by Crippen LogP contribution is 2.18. The van der Waals surface area contributed by atoms with Gasteiger partial charge in [0.15, 0.2) is 0 Å². The summed E-state index contributed by atoms with van der Waals surface area (Å²) < 4.78 is 12.3. The van der Waals surface area contributed by atoms with Crippen LogP contribution >= 0.6 is 0 Å². The molecule has 66 valence electrons. The molecule has 0 bridgehead atoms. The molecule has 0 N–H and O–H groups in total. The first-order valence-corrected chi connectivity index (χ1v) is 4.54. The maximum atomic E-state index is 12.3. The molecule has 1 saturated heterocycles. The second kappa shape index (κ2) is 4.05. The van der Waals surface area contributed by atoms with E-state index in [9.17, 15) is 4.39 Å². The van der Waals surface area contributed by atoms with Crippen molar-refractivity contribution >= 4 is 0 Å². The smallest absolute Gasteiger partial charge is 0.0934 e. The van der Waals surface area contributed by atoms with Crippen LogP contribution in [0.4, 0.5) is 4.39 Å². The Hall–Kier alpha value is -0.110. The fraction of sp³-hybridized carbons (Fsp3) is 1.00. The van der Waals surface area contributed by atoms with E-state index in [2.05, 4.69) is 18.7 Å². The third-order valence-corrected chi connectivity index (χ3v) is 2.50. The quantitative estimate of drug-likeness (QED) is 0.596. The van der Waals surface area contributed by atoms with Gasteiger partial charge in [-0.2, -0.15) is 0 Å². The van der Waals surface area contributed by atoms with Crippen LogP contribution in [0.15, 0.2) is 0 Å². The second-order valence-electron chi connectivity index (χ2n) is 3.75. The number of alkyl halides is 1. The lowest BCUT2D eigenvalue weighted by atomic mass is 9.98. The first kappa shape index (κ1) is 8.98. The Labute approximate surface area is 68.6 Å². The predicted molar refractivity (Wildman–Crippen MR) is 45.4 cm³/mol. The SMILES string of the molecule is CC(C)N1CCCC(CF)C1. The van der Waals surface area contributed by atoms with Crippen molar-refractivity contribution in [3.8, 4) is 0 Å². The Balaban J connectivity index is 2.33. The number of likely N-dealkylation sites (tertiary alicyclic amines) is 1. The molecule has 2 heteroatoms. The number of hydrogen-bond donors (Lipinski definition) is 0. The van der Waals surface area contributed by atoms with Crippen LogP contribution in [0, 0.1) is 5.92 Å². The number of halogens is 1. The third-order valence-electron chi connectivity index (χ3n) is 2.50. The lowest BCUT2D eigenvalue weighted by Crippen LogP contribution is -2.40. The van der Waals surface area contributed by atoms with Crippen molar-refractivity contribution in [3.05, 3.63) is 0 Å². The van der Waals surface area contributed by atoms with Crippen molar-refractivity contribution in [2.24, 2.45) is 5.92 Å². The fourth-order valence-electron chi connectivity index (χ4n) is 1.69. The highest BCUT2D eigenvalue weighted by Gasteiger charge is 2.20. The normalized spacial score (nSPS) is 27.8. The average Bonchev–Trinajstić information content (AvgIpc) is 2.05. The minimum Gasteiger partial charge on any atom is -0.301 e. The molecule has 11 heavy (non-hydrogen) atoms. The van der Waals surface area contributed by atoms with Gasteiger partial charge in [-0.1, -0.05) is 0 Å². The van der Waals surface area contributed by atoms with Gasteiger partial charge in [0.05, 0.1) is 6.67 Å². The molecule has 1 unspecified atom stereocenters. The van der Waals surface area contributed by atoms with Crippen molar-refractivity contribution < 1.29 is 4.39 Å². The zero-order valence-corrected chi connectivity index (χ0v) is 7.52. The van der Waals surface area contributed by atoms with Crippen molar-refractivity contribution in [1.29, 1.82) is 0 Å². The fourth-order valence-corrected chi connectivity index (χ4v) is 1.69. The zero-order valence-electron chi connectivity index (χ0n) is 7.52. The standard InChI is InChI=1S/C9H18FN/c1-8(2)11-5-3-4-9(6-10)7-11/h8-9H,3-7H2,1-2H3. The van der Waals surface area contributed by atoms with Gasteiger partial charge in [-0.25, -0.2) is 0 Å². The van der Waals surface area contributed by atoms with E-state index in [0.29, 0.717) is 12.0 Å². The average molecular weight is 159 g/mol. The van der Waals surface area contributed by atoms with Gasteiger partial charge in [0.25, 0.3) is 0 Å². The highest BCUT2D eigenvalue weighted by molar-refractivity contribution is 4.74. The number of hydrogen-bond acceptors (Lipinski definition) is 1. The van der Waals surface area contributed by atoms with Gasteiger partial charge < -0.3 is 4.90 Å². The molecular weight excluding hydrogens is 141 g/mol. The van der Waals surface area contributed by atoms with E-state index in [-0.39, 0.29) is 6.67 Å². The molecule has 1 aliphatic rings. The van der Waals surface area contributed by atoms with Crippen LogP contribution in [0.2, 0.25) is 0 Å². The van der Waals surface area contributed by atoms with E-state index in [1.54, 1.807) is 0 Å². The largest absolute Gasteiger partial charge is 0.301 e. The molecule has 1 rings (SSSR count). The van der Waals surface area contributed by atoms with Crippen molar-refractivity contribution in [2.75, 3.05) is 19.8 Å². The summed E-state index contributed by atoms with van der Waals surface area (Å²) in [6.07, 6.45) is 2.26. The van der Waals surface area contributed by atoms with E-state index in [1.165, 1.54) is 6.42 Å². The van der Waals surface area contributed by atoms with E-state index in [4.69, 9.17) is 0 Å². The molecule has 0 spiro atoms. The topological polar surface area (TPSA) is 3.24 Å². The summed E-state index contributed by atoms with van der Waals surface area (Å²) in [6, 6.07) is 0.587. The highest BCUT2D eigenvalue weighted by atomic mass is 19.1. The first-order valence-electron chi connectivity index (χ1n) is 4.54. The number of rotatable bonds is 2. The van der Waals surface area contributed by atoms with Crippen molar-refractivity contribution in [1.82, 2.24) is 4.90 Å². The molecule has 1 fully saturated rings. The Kier molecular flexibility index (Phi) is 3.31. The van der Waals surface area contributed by atoms with Crippen LogP contribution < -0.4 is 0 Å². The van der Waals surface area contributed by atoms with Gasteiger partial charge in [-0.15, -0.1) is 0 Å². The summed E-state index contributed by atoms with van der Waals surface area (Å²) in [7, 11) is 0. The molecule has 1 atom stereocenters. The van der Waals surface area contributed by atoms with Crippen LogP contribution in [0.1, 0.15) is 26.7 Å². The summed E-state index contributed by atoms with van der Waals surface area (Å²) >= 11 is 0. The van der Waals surface area contributed by atoms with Gasteiger partial charge in [-0.3, -0.25) is 4.39 Å². The molecule has 0 aliphatic carbocycles. The van der Waals surface area contributed by atoms with Crippen LogP contribution in [0.25, 0.3) is 0 Å². The summed E-state index contributed by atoms with van der Waals surface area (Å²) in [6.45, 7) is 6.35. The molecule has 1 heterocycles. The first-order chi connectivity index (χ1) is 5.24. The van der Waals surface area contributed by atoms with Crippen LogP contribution in [-0.2, 0) is 0 Å². The van der Waals surface area contributed by atoms with Crippen LogP contribution in [-0.4, -0.2) is 30.7 Å². The zero-order chi connectivity index (χ0) is 8.27. The molecule has 0 amide bonds. The van der Waals surface area contributed by atoms with Gasteiger partial charge in [0.1, 0.15) is 0 Å². The van der Waals surface area contributed by atoms with Crippen molar-refractivity contribution in [3.63, 3.8) is 0 Å². The molecule has 0 aromatic heterocycles. The Morgan fingerprint density at radius 1 is 1.55 bits per heavy atom. The number of piperidine rings is 1. The third kappa shape index (κ3) is 2.44. The van der Waals surface area contributed by atoms with E-state index in [0.717, 1.165) is 19.5 Å². The van der Waals surface area contributed by atoms with E-state index >= 15 is 0 Å². The van der Waals surface area contributed by atoms with Crippen molar-refractivity contribution in [2.45, 2.75) is 32.7 Å². The summed E-state index contributed by atoms with van der Waals surface area (Å²) in [4.78, 5) is 2.37. The summed E-state index contributed by atoms with van der Waals surface area (Å²) in [5.74, 6) is 0.311. The monoisotopic (exact) mass is 159 g/mol. The summed E-state index contributed by atoms with van der Waals surface area (Å²) in [5, 5.41) is 0.